The Labute approximate surface area is 159 Å². The highest BCUT2D eigenvalue weighted by Crippen LogP contribution is 2.44. The molecule has 27 heavy (non-hydrogen) atoms. The van der Waals surface area contributed by atoms with E-state index in [0.29, 0.717) is 19.3 Å². The van der Waals surface area contributed by atoms with Crippen LogP contribution in [0.5, 0.6) is 0 Å². The first-order valence-corrected chi connectivity index (χ1v) is 10.8. The van der Waals surface area contributed by atoms with Crippen LogP contribution in [-0.4, -0.2) is 75.6 Å². The number of carbonyl (C=O) groups is 3. The van der Waals surface area contributed by atoms with Crippen molar-refractivity contribution < 1.29 is 32.3 Å². The highest BCUT2D eigenvalue weighted by molar-refractivity contribution is 7.91. The van der Waals surface area contributed by atoms with Crippen molar-refractivity contribution in [3.63, 3.8) is 0 Å². The number of hydrogen-bond acceptors (Lipinski definition) is 7. The largest absolute Gasteiger partial charge is 0.467 e. The second kappa shape index (κ2) is 8.04. The van der Waals surface area contributed by atoms with E-state index < -0.39 is 45.3 Å². The monoisotopic (exact) mass is 404 g/mol. The predicted octanol–water partition coefficient (Wildman–Crippen LogP) is 0.336. The fourth-order valence-electron chi connectivity index (χ4n) is 3.85. The SMILES string of the molecule is COC(=O)N[C@H](C(=O)N1CC2(CCS(=O)(=O)CC2)CC1C(=O)OC)C(C)C. The first kappa shape index (κ1) is 21.5. The van der Waals surface area contributed by atoms with E-state index in [-0.39, 0.29) is 24.0 Å². The van der Waals surface area contributed by atoms with Crippen molar-refractivity contribution in [2.45, 2.75) is 45.2 Å². The zero-order valence-electron chi connectivity index (χ0n) is 16.2. The number of hydrogen-bond donors (Lipinski definition) is 1. The average Bonchev–Trinajstić information content (AvgIpc) is 3.00. The molecular formula is C17H28N2O7S. The van der Waals surface area contributed by atoms with E-state index >= 15 is 0 Å². The summed E-state index contributed by atoms with van der Waals surface area (Å²) >= 11 is 0. The van der Waals surface area contributed by atoms with Gasteiger partial charge in [0.1, 0.15) is 21.9 Å². The second-order valence-electron chi connectivity index (χ2n) is 7.72. The van der Waals surface area contributed by atoms with Gasteiger partial charge < -0.3 is 19.7 Å². The van der Waals surface area contributed by atoms with Crippen LogP contribution in [-0.2, 0) is 28.9 Å². The second-order valence-corrected chi connectivity index (χ2v) is 10.0. The maximum Gasteiger partial charge on any atom is 0.407 e. The Balaban J connectivity index is 2.27. The molecule has 2 aliphatic heterocycles. The van der Waals surface area contributed by atoms with Crippen LogP contribution in [0.15, 0.2) is 0 Å². The lowest BCUT2D eigenvalue weighted by Gasteiger charge is -2.33. The van der Waals surface area contributed by atoms with Crippen LogP contribution < -0.4 is 5.32 Å². The van der Waals surface area contributed by atoms with Gasteiger partial charge in [0.25, 0.3) is 0 Å². The molecule has 2 fully saturated rings. The lowest BCUT2D eigenvalue weighted by Crippen LogP contribution is -2.54. The van der Waals surface area contributed by atoms with Gasteiger partial charge in [0.15, 0.2) is 0 Å². The van der Waals surface area contributed by atoms with Crippen molar-refractivity contribution in [1.29, 1.82) is 0 Å². The minimum atomic E-state index is -3.07. The average molecular weight is 404 g/mol. The molecule has 10 heteroatoms. The smallest absolute Gasteiger partial charge is 0.407 e. The van der Waals surface area contributed by atoms with Crippen molar-refractivity contribution in [2.75, 3.05) is 32.3 Å². The van der Waals surface area contributed by atoms with E-state index in [1.54, 1.807) is 13.8 Å². The molecule has 1 unspecified atom stereocenters. The Morgan fingerprint density at radius 1 is 1.11 bits per heavy atom. The number of nitrogens with zero attached hydrogens (tertiary/aromatic N) is 1. The molecule has 0 aromatic rings. The zero-order chi connectivity index (χ0) is 20.4. The highest BCUT2D eigenvalue weighted by Gasteiger charge is 2.52. The molecular weight excluding hydrogens is 376 g/mol. The number of methoxy groups -OCH3 is 2. The van der Waals surface area contributed by atoms with Gasteiger partial charge >= 0.3 is 12.1 Å². The number of likely N-dealkylation sites (tertiary alicyclic amines) is 1. The van der Waals surface area contributed by atoms with Crippen molar-refractivity contribution in [2.24, 2.45) is 11.3 Å². The van der Waals surface area contributed by atoms with E-state index in [1.807, 2.05) is 0 Å². The number of rotatable bonds is 4. The number of esters is 1. The number of carbonyl (C=O) groups excluding carboxylic acids is 3. The Hall–Kier alpha value is -1.84. The first-order valence-electron chi connectivity index (χ1n) is 8.97. The molecule has 1 N–H and O–H groups in total. The number of sulfone groups is 1. The zero-order valence-corrected chi connectivity index (χ0v) is 17.0. The van der Waals surface area contributed by atoms with Crippen LogP contribution in [0.4, 0.5) is 4.79 Å². The molecule has 0 aliphatic carbocycles. The summed E-state index contributed by atoms with van der Waals surface area (Å²) in [6, 6.07) is -1.64. The van der Waals surface area contributed by atoms with Gasteiger partial charge in [0.2, 0.25) is 5.91 Å². The topological polar surface area (TPSA) is 119 Å². The first-order chi connectivity index (χ1) is 12.5. The molecule has 1 spiro atoms. The summed E-state index contributed by atoms with van der Waals surface area (Å²) in [4.78, 5) is 38.5. The van der Waals surface area contributed by atoms with Crippen LogP contribution in [0.1, 0.15) is 33.1 Å². The third kappa shape index (κ3) is 4.72. The molecule has 0 aromatic carbocycles. The molecule has 0 bridgehead atoms. The van der Waals surface area contributed by atoms with Crippen molar-refractivity contribution >= 4 is 27.8 Å². The third-order valence-corrected chi connectivity index (χ3v) is 7.20. The van der Waals surface area contributed by atoms with Crippen LogP contribution >= 0.6 is 0 Å². The van der Waals surface area contributed by atoms with Gasteiger partial charge in [-0.15, -0.1) is 0 Å². The maximum atomic E-state index is 13.2. The third-order valence-electron chi connectivity index (χ3n) is 5.54. The van der Waals surface area contributed by atoms with Crippen LogP contribution in [0.2, 0.25) is 0 Å². The van der Waals surface area contributed by atoms with Gasteiger partial charge in [-0.3, -0.25) is 4.79 Å². The van der Waals surface area contributed by atoms with E-state index in [2.05, 4.69) is 10.1 Å². The molecule has 2 rings (SSSR count). The molecule has 2 atom stereocenters. The molecule has 2 amide bonds. The molecule has 2 heterocycles. The van der Waals surface area contributed by atoms with Gasteiger partial charge in [0.05, 0.1) is 25.7 Å². The summed E-state index contributed by atoms with van der Waals surface area (Å²) in [5.74, 6) is -1.04. The van der Waals surface area contributed by atoms with Crippen LogP contribution in [0.25, 0.3) is 0 Å². The maximum absolute atomic E-state index is 13.2. The number of ether oxygens (including phenoxy) is 2. The highest BCUT2D eigenvalue weighted by atomic mass is 32.2. The fourth-order valence-corrected chi connectivity index (χ4v) is 5.54. The van der Waals surface area contributed by atoms with Crippen molar-refractivity contribution in [3.8, 4) is 0 Å². The predicted molar refractivity (Wildman–Crippen MR) is 96.6 cm³/mol. The van der Waals surface area contributed by atoms with E-state index in [9.17, 15) is 22.8 Å². The number of alkyl carbamates (subject to hydrolysis) is 1. The van der Waals surface area contributed by atoms with E-state index in [1.165, 1.54) is 19.1 Å². The molecule has 0 radical (unpaired) electrons. The molecule has 2 saturated heterocycles. The standard InChI is InChI=1S/C17H28N2O7S/c1-11(2)13(18-16(22)26-4)14(20)19-10-17(9-12(19)15(21)25-3)5-7-27(23,24)8-6-17/h11-13H,5-10H2,1-4H3,(H,18,22)/t12?,13-/m0/s1. The fraction of sp³-hybridized carbons (Fsp3) is 0.824. The van der Waals surface area contributed by atoms with Gasteiger partial charge in [-0.05, 0) is 30.6 Å². The lowest BCUT2D eigenvalue weighted by atomic mass is 9.80. The summed E-state index contributed by atoms with van der Waals surface area (Å²) in [6.45, 7) is 3.84. The summed E-state index contributed by atoms with van der Waals surface area (Å²) < 4.78 is 33.1. The minimum absolute atomic E-state index is 0.0525. The van der Waals surface area contributed by atoms with Crippen LogP contribution in [0, 0.1) is 11.3 Å². The Bertz CT molecular complexity index is 690. The molecule has 9 nitrogen and oxygen atoms in total. The van der Waals surface area contributed by atoms with E-state index in [0.717, 1.165) is 0 Å². The van der Waals surface area contributed by atoms with Gasteiger partial charge in [-0.25, -0.2) is 18.0 Å². The Morgan fingerprint density at radius 3 is 2.19 bits per heavy atom. The van der Waals surface area contributed by atoms with E-state index in [4.69, 9.17) is 4.74 Å². The summed E-state index contributed by atoms with van der Waals surface area (Å²) in [5, 5.41) is 2.52. The number of amides is 2. The Kier molecular flexibility index (Phi) is 6.39. The molecule has 2 aliphatic rings. The van der Waals surface area contributed by atoms with Crippen molar-refractivity contribution in [1.82, 2.24) is 10.2 Å². The quantitative estimate of drug-likeness (QED) is 0.671. The number of nitrogens with one attached hydrogen (secondary N) is 1. The Morgan fingerprint density at radius 2 is 1.70 bits per heavy atom. The minimum Gasteiger partial charge on any atom is -0.467 e. The molecule has 154 valence electrons. The normalized spacial score (nSPS) is 24.5. The van der Waals surface area contributed by atoms with Gasteiger partial charge in [-0.2, -0.15) is 0 Å². The summed E-state index contributed by atoms with van der Waals surface area (Å²) in [6.07, 6.45) is 0.450. The molecule has 0 saturated carbocycles. The van der Waals surface area contributed by atoms with Crippen LogP contribution in [0.3, 0.4) is 0 Å². The van der Waals surface area contributed by atoms with Crippen molar-refractivity contribution in [3.05, 3.63) is 0 Å². The summed E-state index contributed by atoms with van der Waals surface area (Å²) in [5.41, 5.74) is -0.424. The summed E-state index contributed by atoms with van der Waals surface area (Å²) in [7, 11) is -0.601. The lowest BCUT2D eigenvalue weighted by molar-refractivity contribution is -0.151. The van der Waals surface area contributed by atoms with Gasteiger partial charge in [0, 0.05) is 6.54 Å². The van der Waals surface area contributed by atoms with Gasteiger partial charge in [-0.1, -0.05) is 13.8 Å². The molecule has 0 aromatic heterocycles.